The van der Waals surface area contributed by atoms with Crippen molar-refractivity contribution >= 4 is 0 Å². The maximum Gasteiger partial charge on any atom is 0.260 e. The third kappa shape index (κ3) is 3.25. The summed E-state index contributed by atoms with van der Waals surface area (Å²) in [5, 5.41) is 0. The molecular formula is C26H39NO5. The fourth-order valence-corrected chi connectivity index (χ4v) is 7.43. The molecule has 1 spiro atoms. The van der Waals surface area contributed by atoms with Gasteiger partial charge in [0.1, 0.15) is 5.75 Å². The van der Waals surface area contributed by atoms with Crippen molar-refractivity contribution < 1.29 is 24.0 Å². The number of rotatable bonds is 10. The predicted octanol–water partition coefficient (Wildman–Crippen LogP) is 4.52. The summed E-state index contributed by atoms with van der Waals surface area (Å²) in [6.45, 7) is 11.0. The molecule has 3 atom stereocenters. The Balaban J connectivity index is 1.39. The first kappa shape index (κ1) is 22.6. The average molecular weight is 446 g/mol. The van der Waals surface area contributed by atoms with Crippen LogP contribution in [0.25, 0.3) is 0 Å². The largest absolute Gasteiger partial charge is 0.494 e. The minimum absolute atomic E-state index is 0.0134. The van der Waals surface area contributed by atoms with E-state index in [1.54, 1.807) is 7.11 Å². The summed E-state index contributed by atoms with van der Waals surface area (Å²) in [6.07, 6.45) is 5.57. The molecule has 178 valence electrons. The maximum absolute atomic E-state index is 6.70. The van der Waals surface area contributed by atoms with Crippen LogP contribution in [-0.4, -0.2) is 56.1 Å². The van der Waals surface area contributed by atoms with E-state index in [9.17, 15) is 0 Å². The van der Waals surface area contributed by atoms with Gasteiger partial charge in [0.05, 0.1) is 18.8 Å². The lowest BCUT2D eigenvalue weighted by Gasteiger charge is -2.70. The highest BCUT2D eigenvalue weighted by atomic mass is 17.3. The van der Waals surface area contributed by atoms with E-state index in [1.807, 2.05) is 19.1 Å². The quantitative estimate of drug-likeness (QED) is 0.494. The first-order chi connectivity index (χ1) is 15.5. The third-order valence-corrected chi connectivity index (χ3v) is 8.68. The van der Waals surface area contributed by atoms with Crippen LogP contribution >= 0.6 is 0 Å². The number of hydrogen-bond acceptors (Lipinski definition) is 6. The summed E-state index contributed by atoms with van der Waals surface area (Å²) >= 11 is 0. The molecule has 1 saturated heterocycles. The van der Waals surface area contributed by atoms with Crippen molar-refractivity contribution in [3.05, 3.63) is 29.8 Å². The first-order valence-electron chi connectivity index (χ1n) is 12.6. The molecule has 6 nitrogen and oxygen atoms in total. The number of likely N-dealkylation sites (N-methyl/N-ethyl adjacent to an activating group) is 1. The van der Waals surface area contributed by atoms with E-state index in [2.05, 4.69) is 30.9 Å². The van der Waals surface area contributed by atoms with Crippen molar-refractivity contribution in [2.75, 3.05) is 40.0 Å². The summed E-state index contributed by atoms with van der Waals surface area (Å²) in [7, 11) is 1.75. The number of methoxy groups -OCH3 is 1. The van der Waals surface area contributed by atoms with Gasteiger partial charge in [0, 0.05) is 31.1 Å². The molecule has 1 aliphatic heterocycles. The van der Waals surface area contributed by atoms with Gasteiger partial charge in [0.25, 0.3) is 5.79 Å². The molecule has 0 amide bonds. The van der Waals surface area contributed by atoms with Crippen molar-refractivity contribution in [2.45, 2.75) is 69.9 Å². The SMILES string of the molecule is CCOc1cccc(C2(OC)OOC23C2CC4CC3CC(OCCN(CC)CC)(C4)C2)c1. The fraction of sp³-hybridized carbons (Fsp3) is 0.769. The Morgan fingerprint density at radius 2 is 1.78 bits per heavy atom. The van der Waals surface area contributed by atoms with Crippen molar-refractivity contribution in [1.82, 2.24) is 4.90 Å². The van der Waals surface area contributed by atoms with Crippen molar-refractivity contribution in [3.63, 3.8) is 0 Å². The Hall–Kier alpha value is -1.18. The number of hydrogen-bond donors (Lipinski definition) is 0. The van der Waals surface area contributed by atoms with Crippen LogP contribution in [0, 0.1) is 17.8 Å². The molecule has 4 bridgehead atoms. The van der Waals surface area contributed by atoms with Gasteiger partial charge in [-0.3, -0.25) is 0 Å². The van der Waals surface area contributed by atoms with Gasteiger partial charge in [-0.2, -0.15) is 4.89 Å². The van der Waals surface area contributed by atoms with Gasteiger partial charge < -0.3 is 19.1 Å². The van der Waals surface area contributed by atoms with E-state index in [4.69, 9.17) is 24.0 Å². The van der Waals surface area contributed by atoms with Crippen molar-refractivity contribution in [2.24, 2.45) is 17.8 Å². The molecular weight excluding hydrogens is 406 g/mol. The number of ether oxygens (including phenoxy) is 3. The lowest BCUT2D eigenvalue weighted by atomic mass is 9.45. The van der Waals surface area contributed by atoms with Gasteiger partial charge in [-0.15, -0.1) is 0 Å². The average Bonchev–Trinajstić information content (AvgIpc) is 2.77. The minimum Gasteiger partial charge on any atom is -0.494 e. The van der Waals surface area contributed by atoms with Gasteiger partial charge in [0.15, 0.2) is 5.60 Å². The Labute approximate surface area is 192 Å². The molecule has 0 N–H and O–H groups in total. The Bertz CT molecular complexity index is 791. The third-order valence-electron chi connectivity index (χ3n) is 8.68. The molecule has 0 aromatic heterocycles. The maximum atomic E-state index is 6.70. The highest BCUT2D eigenvalue weighted by Crippen LogP contribution is 2.70. The van der Waals surface area contributed by atoms with Crippen LogP contribution in [0.2, 0.25) is 0 Å². The molecule has 6 heteroatoms. The zero-order chi connectivity index (χ0) is 22.4. The number of benzene rings is 1. The molecule has 4 aliphatic carbocycles. The van der Waals surface area contributed by atoms with Crippen LogP contribution in [0.1, 0.15) is 58.4 Å². The zero-order valence-electron chi connectivity index (χ0n) is 20.1. The standard InChI is InChI=1S/C26H39NO5/c1-5-27(6-2)11-12-30-24-16-19-13-21(17-24)25(22(14-19)18-24)26(28-4,32-31-25)20-9-8-10-23(15-20)29-7-3/h8-10,15,19,21-22H,5-7,11-14,16-18H2,1-4H3. The summed E-state index contributed by atoms with van der Waals surface area (Å²) in [4.78, 5) is 14.5. The monoisotopic (exact) mass is 445 g/mol. The van der Waals surface area contributed by atoms with Gasteiger partial charge in [0.2, 0.25) is 0 Å². The van der Waals surface area contributed by atoms with E-state index >= 15 is 0 Å². The smallest absolute Gasteiger partial charge is 0.260 e. The summed E-state index contributed by atoms with van der Waals surface area (Å²) < 4.78 is 18.7. The molecule has 4 saturated carbocycles. The van der Waals surface area contributed by atoms with Crippen LogP contribution in [0.5, 0.6) is 5.75 Å². The second kappa shape index (κ2) is 8.55. The Morgan fingerprint density at radius 1 is 1.03 bits per heavy atom. The highest BCUT2D eigenvalue weighted by Gasteiger charge is 2.78. The van der Waals surface area contributed by atoms with Crippen LogP contribution in [0.3, 0.4) is 0 Å². The van der Waals surface area contributed by atoms with Gasteiger partial charge >= 0.3 is 0 Å². The fourth-order valence-electron chi connectivity index (χ4n) is 7.43. The van der Waals surface area contributed by atoms with Crippen LogP contribution in [0.15, 0.2) is 24.3 Å². The Kier molecular flexibility index (Phi) is 6.04. The summed E-state index contributed by atoms with van der Waals surface area (Å²) in [6, 6.07) is 8.14. The summed E-state index contributed by atoms with van der Waals surface area (Å²) in [5.41, 5.74) is 0.525. The second-order valence-electron chi connectivity index (χ2n) is 10.1. The molecule has 5 fully saturated rings. The minimum atomic E-state index is -0.884. The van der Waals surface area contributed by atoms with E-state index in [0.717, 1.165) is 63.2 Å². The molecule has 1 aromatic carbocycles. The molecule has 0 radical (unpaired) electrons. The predicted molar refractivity (Wildman–Crippen MR) is 121 cm³/mol. The van der Waals surface area contributed by atoms with Crippen molar-refractivity contribution in [1.29, 1.82) is 0 Å². The topological polar surface area (TPSA) is 49.4 Å². The van der Waals surface area contributed by atoms with E-state index in [0.29, 0.717) is 24.4 Å². The molecule has 32 heavy (non-hydrogen) atoms. The zero-order valence-corrected chi connectivity index (χ0v) is 20.1. The van der Waals surface area contributed by atoms with E-state index in [1.165, 1.54) is 6.42 Å². The molecule has 1 aromatic rings. The van der Waals surface area contributed by atoms with Gasteiger partial charge in [-0.1, -0.05) is 26.0 Å². The highest BCUT2D eigenvalue weighted by molar-refractivity contribution is 5.36. The molecule has 3 unspecified atom stereocenters. The van der Waals surface area contributed by atoms with Crippen LogP contribution in [0.4, 0.5) is 0 Å². The lowest BCUT2D eigenvalue weighted by molar-refractivity contribution is -0.647. The van der Waals surface area contributed by atoms with Crippen LogP contribution in [-0.2, 0) is 25.0 Å². The normalized spacial score (nSPS) is 39.6. The second-order valence-corrected chi connectivity index (χ2v) is 10.1. The number of nitrogens with zero attached hydrogens (tertiary/aromatic N) is 1. The van der Waals surface area contributed by atoms with Crippen molar-refractivity contribution in [3.8, 4) is 5.75 Å². The first-order valence-corrected chi connectivity index (χ1v) is 12.6. The molecule has 1 heterocycles. The van der Waals surface area contributed by atoms with Crippen LogP contribution < -0.4 is 4.74 Å². The lowest BCUT2D eigenvalue weighted by Crippen LogP contribution is -2.78. The van der Waals surface area contributed by atoms with Gasteiger partial charge in [-0.05, 0) is 70.2 Å². The molecule has 5 aliphatic rings. The van der Waals surface area contributed by atoms with E-state index < -0.39 is 11.4 Å². The summed E-state index contributed by atoms with van der Waals surface area (Å²) in [5.74, 6) is 1.40. The Morgan fingerprint density at radius 3 is 2.38 bits per heavy atom. The molecule has 6 rings (SSSR count). The van der Waals surface area contributed by atoms with E-state index in [-0.39, 0.29) is 5.60 Å². The van der Waals surface area contributed by atoms with Gasteiger partial charge in [-0.25, -0.2) is 4.89 Å².